The maximum absolute atomic E-state index is 13.0. The molecule has 3 aliphatic heterocycles. The highest BCUT2D eigenvalue weighted by Gasteiger charge is 2.37. The van der Waals surface area contributed by atoms with Crippen LogP contribution in [0.25, 0.3) is 0 Å². The highest BCUT2D eigenvalue weighted by molar-refractivity contribution is 7.89. The summed E-state index contributed by atoms with van der Waals surface area (Å²) in [6.45, 7) is 2.02. The van der Waals surface area contributed by atoms with Gasteiger partial charge in [0.05, 0.1) is 31.8 Å². The lowest BCUT2D eigenvalue weighted by Crippen LogP contribution is -2.55. The Bertz CT molecular complexity index is 1010. The minimum Gasteiger partial charge on any atom is -0.496 e. The van der Waals surface area contributed by atoms with Gasteiger partial charge in [-0.05, 0) is 18.2 Å². The first-order chi connectivity index (χ1) is 13.9. The molecule has 4 N–H and O–H groups in total. The van der Waals surface area contributed by atoms with Gasteiger partial charge in [-0.15, -0.1) is 0 Å². The number of ether oxygens (including phenoxy) is 2. The van der Waals surface area contributed by atoms with Crippen molar-refractivity contribution in [3.05, 3.63) is 47.2 Å². The molecule has 1 unspecified atom stereocenters. The predicted octanol–water partition coefficient (Wildman–Crippen LogP) is -0.127. The molecule has 10 heteroatoms. The molecule has 0 radical (unpaired) electrons. The molecular formula is C19H25N5O4S. The number of nitrogens with two attached hydrogens (primary N) is 1. The lowest BCUT2D eigenvalue weighted by atomic mass is 9.92. The molecule has 1 saturated heterocycles. The zero-order chi connectivity index (χ0) is 20.6. The van der Waals surface area contributed by atoms with E-state index in [0.29, 0.717) is 50.0 Å². The van der Waals surface area contributed by atoms with Gasteiger partial charge >= 0.3 is 0 Å². The maximum atomic E-state index is 13.0. The molecule has 4 rings (SSSR count). The first-order valence-electron chi connectivity index (χ1n) is 9.38. The van der Waals surface area contributed by atoms with Crippen molar-refractivity contribution in [2.75, 3.05) is 47.0 Å². The van der Waals surface area contributed by atoms with E-state index in [0.717, 1.165) is 11.3 Å². The van der Waals surface area contributed by atoms with E-state index in [9.17, 15) is 8.42 Å². The summed E-state index contributed by atoms with van der Waals surface area (Å²) in [4.78, 5) is 4.61. The van der Waals surface area contributed by atoms with Gasteiger partial charge in [-0.1, -0.05) is 6.08 Å². The molecule has 3 heterocycles. The van der Waals surface area contributed by atoms with Crippen LogP contribution in [0.15, 0.2) is 51.5 Å². The van der Waals surface area contributed by atoms with Crippen LogP contribution < -0.4 is 21.1 Å². The lowest BCUT2D eigenvalue weighted by Gasteiger charge is -2.36. The second-order valence-electron chi connectivity index (χ2n) is 6.99. The van der Waals surface area contributed by atoms with Gasteiger partial charge in [0.1, 0.15) is 17.2 Å². The molecule has 0 saturated carbocycles. The molecule has 1 atom stereocenters. The topological polar surface area (TPSA) is 118 Å². The SMILES string of the molecule is CNC1=CC(N)(c2ccc(S(=O)(=O)N3CCOCC3)cc2OC)NC2=NCC=C12. The molecule has 29 heavy (non-hydrogen) atoms. The third kappa shape index (κ3) is 3.42. The molecule has 0 spiro atoms. The number of hydrogen-bond donors (Lipinski definition) is 3. The summed E-state index contributed by atoms with van der Waals surface area (Å²) in [7, 11) is -0.320. The van der Waals surface area contributed by atoms with Crippen LogP contribution in [-0.4, -0.2) is 65.6 Å². The van der Waals surface area contributed by atoms with Crippen LogP contribution in [0.1, 0.15) is 5.56 Å². The minimum absolute atomic E-state index is 0.163. The number of morpholine rings is 1. The molecule has 1 fully saturated rings. The Morgan fingerprint density at radius 1 is 1.34 bits per heavy atom. The second-order valence-corrected chi connectivity index (χ2v) is 8.93. The van der Waals surface area contributed by atoms with Gasteiger partial charge in [0.15, 0.2) is 0 Å². The zero-order valence-electron chi connectivity index (χ0n) is 16.4. The molecule has 156 valence electrons. The normalized spacial score (nSPS) is 24.7. The van der Waals surface area contributed by atoms with Gasteiger partial charge < -0.3 is 25.8 Å². The molecule has 1 aromatic carbocycles. The summed E-state index contributed by atoms with van der Waals surface area (Å²) in [6.07, 6.45) is 3.87. The van der Waals surface area contributed by atoms with Gasteiger partial charge in [0.2, 0.25) is 10.0 Å². The van der Waals surface area contributed by atoms with Crippen LogP contribution in [0.4, 0.5) is 0 Å². The number of rotatable bonds is 5. The molecule has 0 bridgehead atoms. The third-order valence-corrected chi connectivity index (χ3v) is 7.18. The van der Waals surface area contributed by atoms with Gasteiger partial charge in [-0.3, -0.25) is 4.99 Å². The van der Waals surface area contributed by atoms with E-state index in [2.05, 4.69) is 15.6 Å². The van der Waals surface area contributed by atoms with Crippen molar-refractivity contribution in [1.29, 1.82) is 0 Å². The Morgan fingerprint density at radius 3 is 2.79 bits per heavy atom. The Balaban J connectivity index is 1.74. The highest BCUT2D eigenvalue weighted by Crippen LogP contribution is 2.35. The fourth-order valence-electron chi connectivity index (χ4n) is 3.75. The summed E-state index contributed by atoms with van der Waals surface area (Å²) in [5, 5.41) is 6.41. The Kier molecular flexibility index (Phi) is 5.11. The number of hydrogen-bond acceptors (Lipinski definition) is 8. The van der Waals surface area contributed by atoms with Crippen LogP contribution in [-0.2, 0) is 20.4 Å². The van der Waals surface area contributed by atoms with E-state index >= 15 is 0 Å². The fourth-order valence-corrected chi connectivity index (χ4v) is 5.18. The van der Waals surface area contributed by atoms with Crippen molar-refractivity contribution in [3.8, 4) is 5.75 Å². The Morgan fingerprint density at radius 2 is 2.10 bits per heavy atom. The van der Waals surface area contributed by atoms with Gasteiger partial charge in [-0.25, -0.2) is 8.42 Å². The lowest BCUT2D eigenvalue weighted by molar-refractivity contribution is 0.0730. The van der Waals surface area contributed by atoms with E-state index in [1.54, 1.807) is 12.1 Å². The van der Waals surface area contributed by atoms with E-state index in [-0.39, 0.29) is 4.90 Å². The van der Waals surface area contributed by atoms with Gasteiger partial charge in [0, 0.05) is 43.0 Å². The van der Waals surface area contributed by atoms with E-state index < -0.39 is 15.7 Å². The predicted molar refractivity (Wildman–Crippen MR) is 109 cm³/mol. The van der Waals surface area contributed by atoms with Crippen LogP contribution in [0, 0.1) is 0 Å². The van der Waals surface area contributed by atoms with Crippen LogP contribution in [0.5, 0.6) is 5.75 Å². The van der Waals surface area contributed by atoms with Crippen molar-refractivity contribution >= 4 is 15.9 Å². The molecule has 9 nitrogen and oxygen atoms in total. The smallest absolute Gasteiger partial charge is 0.243 e. The summed E-state index contributed by atoms with van der Waals surface area (Å²) >= 11 is 0. The summed E-state index contributed by atoms with van der Waals surface area (Å²) in [5.74, 6) is 1.08. The first kappa shape index (κ1) is 19.9. The average molecular weight is 420 g/mol. The average Bonchev–Trinajstić information content (AvgIpc) is 3.21. The van der Waals surface area contributed by atoms with Gasteiger partial charge in [-0.2, -0.15) is 4.31 Å². The molecule has 0 aliphatic carbocycles. The number of methoxy groups -OCH3 is 1. The van der Waals surface area contributed by atoms with Crippen LogP contribution >= 0.6 is 0 Å². The van der Waals surface area contributed by atoms with E-state index in [4.69, 9.17) is 15.2 Å². The number of nitrogens with one attached hydrogen (secondary N) is 2. The molecule has 0 amide bonds. The van der Waals surface area contributed by atoms with Crippen LogP contribution in [0.2, 0.25) is 0 Å². The number of amidine groups is 1. The third-order valence-electron chi connectivity index (χ3n) is 5.28. The number of nitrogens with zero attached hydrogens (tertiary/aromatic N) is 2. The molecular weight excluding hydrogens is 394 g/mol. The standard InChI is InChI=1S/C19H25N5O4S/c1-21-16-12-19(20,23-18-14(16)5-6-22-18)15-4-3-13(11-17(15)27-2)29(25,26)24-7-9-28-10-8-24/h3-5,11-12,21H,6-10,20H2,1-2H3,(H,22,23). The fraction of sp³-hybridized carbons (Fsp3) is 0.421. The largest absolute Gasteiger partial charge is 0.496 e. The second kappa shape index (κ2) is 7.45. The summed E-state index contributed by atoms with van der Waals surface area (Å²) in [5.41, 5.74) is 8.02. The van der Waals surface area contributed by atoms with Crippen molar-refractivity contribution in [1.82, 2.24) is 14.9 Å². The summed E-state index contributed by atoms with van der Waals surface area (Å²) < 4.78 is 38.2. The number of fused-ring (bicyclic) bond motifs is 1. The molecule has 1 aromatic rings. The maximum Gasteiger partial charge on any atom is 0.243 e. The van der Waals surface area contributed by atoms with Crippen molar-refractivity contribution < 1.29 is 17.9 Å². The van der Waals surface area contributed by atoms with Crippen molar-refractivity contribution in [2.45, 2.75) is 10.6 Å². The zero-order valence-corrected chi connectivity index (χ0v) is 17.3. The highest BCUT2D eigenvalue weighted by atomic mass is 32.2. The van der Waals surface area contributed by atoms with Crippen molar-refractivity contribution in [3.63, 3.8) is 0 Å². The van der Waals surface area contributed by atoms with Crippen LogP contribution in [0.3, 0.4) is 0 Å². The minimum atomic E-state index is -3.64. The monoisotopic (exact) mass is 419 g/mol. The number of benzene rings is 1. The molecule has 3 aliphatic rings. The first-order valence-corrected chi connectivity index (χ1v) is 10.8. The number of sulfonamides is 1. The van der Waals surface area contributed by atoms with E-state index in [1.807, 2.05) is 19.2 Å². The van der Waals surface area contributed by atoms with E-state index in [1.165, 1.54) is 17.5 Å². The summed E-state index contributed by atoms with van der Waals surface area (Å²) in [6, 6.07) is 4.77. The quantitative estimate of drug-likeness (QED) is 0.609. The van der Waals surface area contributed by atoms with Gasteiger partial charge in [0.25, 0.3) is 0 Å². The number of likely N-dealkylation sites (N-methyl/N-ethyl adjacent to an activating group) is 1. The Hall–Kier alpha value is -2.40. The Labute approximate surface area is 170 Å². The number of aliphatic imine (C=N–C) groups is 1. The van der Waals surface area contributed by atoms with Crippen molar-refractivity contribution in [2.24, 2.45) is 10.7 Å². The molecule has 0 aromatic heterocycles.